The van der Waals surface area contributed by atoms with E-state index < -0.39 is 5.82 Å². The van der Waals surface area contributed by atoms with Crippen LogP contribution in [0.2, 0.25) is 5.02 Å². The van der Waals surface area contributed by atoms with E-state index in [1.165, 1.54) is 18.3 Å². The summed E-state index contributed by atoms with van der Waals surface area (Å²) in [5.74, 6) is -0.396. The van der Waals surface area contributed by atoms with Gasteiger partial charge in [-0.15, -0.1) is 0 Å². The van der Waals surface area contributed by atoms with E-state index in [2.05, 4.69) is 5.16 Å². The van der Waals surface area contributed by atoms with Gasteiger partial charge in [0.2, 0.25) is 0 Å². The molecule has 0 heterocycles. The van der Waals surface area contributed by atoms with E-state index in [-0.39, 0.29) is 5.02 Å². The highest BCUT2D eigenvalue weighted by Gasteiger charge is 2.03. The van der Waals surface area contributed by atoms with Gasteiger partial charge in [0.25, 0.3) is 0 Å². The molecule has 0 saturated heterocycles. The first-order valence-electron chi connectivity index (χ1n) is 3.28. The van der Waals surface area contributed by atoms with Gasteiger partial charge in [0.15, 0.2) is 0 Å². The minimum absolute atomic E-state index is 0.241. The molecule has 64 valence electrons. The average Bonchev–Trinajstić information content (AvgIpc) is 1.96. The van der Waals surface area contributed by atoms with E-state index in [0.29, 0.717) is 11.1 Å². The second kappa shape index (κ2) is 3.54. The molecule has 0 aliphatic heterocycles. The number of aryl methyl sites for hydroxylation is 1. The number of rotatable bonds is 1. The smallest absolute Gasteiger partial charge is 0.125 e. The van der Waals surface area contributed by atoms with Crippen LogP contribution in [0.15, 0.2) is 17.3 Å². The maximum atomic E-state index is 12.7. The monoisotopic (exact) mass is 187 g/mol. The Morgan fingerprint density at radius 2 is 2.25 bits per heavy atom. The number of benzene rings is 1. The fourth-order valence-electron chi connectivity index (χ4n) is 0.935. The lowest BCUT2D eigenvalue weighted by atomic mass is 10.1. The van der Waals surface area contributed by atoms with Gasteiger partial charge in [-0.05, 0) is 24.6 Å². The Kier molecular flexibility index (Phi) is 2.65. The molecule has 2 nitrogen and oxygen atoms in total. The average molecular weight is 188 g/mol. The summed E-state index contributed by atoms with van der Waals surface area (Å²) in [6, 6.07) is 2.49. The van der Waals surface area contributed by atoms with Gasteiger partial charge in [-0.25, -0.2) is 4.39 Å². The topological polar surface area (TPSA) is 32.6 Å². The molecule has 0 amide bonds. The highest BCUT2D eigenvalue weighted by molar-refractivity contribution is 6.33. The van der Waals surface area contributed by atoms with Gasteiger partial charge in [-0.2, -0.15) is 0 Å². The van der Waals surface area contributed by atoms with Crippen LogP contribution < -0.4 is 0 Å². The van der Waals surface area contributed by atoms with Crippen LogP contribution in [-0.2, 0) is 0 Å². The van der Waals surface area contributed by atoms with Crippen LogP contribution in [0.25, 0.3) is 0 Å². The van der Waals surface area contributed by atoms with Gasteiger partial charge < -0.3 is 5.21 Å². The third kappa shape index (κ3) is 1.74. The largest absolute Gasteiger partial charge is 0.411 e. The molecule has 1 N–H and O–H groups in total. The van der Waals surface area contributed by atoms with E-state index >= 15 is 0 Å². The summed E-state index contributed by atoms with van der Waals surface area (Å²) in [6.45, 7) is 1.69. The zero-order chi connectivity index (χ0) is 9.14. The maximum Gasteiger partial charge on any atom is 0.125 e. The molecular weight excluding hydrogens is 181 g/mol. The first-order chi connectivity index (χ1) is 5.65. The molecule has 0 unspecified atom stereocenters. The van der Waals surface area contributed by atoms with Crippen molar-refractivity contribution >= 4 is 17.8 Å². The third-order valence-corrected chi connectivity index (χ3v) is 1.80. The van der Waals surface area contributed by atoms with Crippen LogP contribution in [0, 0.1) is 12.7 Å². The van der Waals surface area contributed by atoms with Crippen LogP contribution in [-0.4, -0.2) is 11.4 Å². The molecule has 4 heteroatoms. The van der Waals surface area contributed by atoms with Crippen molar-refractivity contribution in [1.82, 2.24) is 0 Å². The van der Waals surface area contributed by atoms with Crippen molar-refractivity contribution in [1.29, 1.82) is 0 Å². The SMILES string of the molecule is Cc1cc(F)cc(Cl)c1/C=N/O. The molecule has 12 heavy (non-hydrogen) atoms. The van der Waals surface area contributed by atoms with Crippen LogP contribution in [0.1, 0.15) is 11.1 Å². The molecular formula is C8H7ClFNO. The van der Waals surface area contributed by atoms with Crippen LogP contribution in [0.5, 0.6) is 0 Å². The molecule has 0 aliphatic carbocycles. The Bertz CT molecular complexity index is 302. The number of halogens is 2. The van der Waals surface area contributed by atoms with E-state index in [0.717, 1.165) is 0 Å². The summed E-state index contributed by atoms with van der Waals surface area (Å²) in [5.41, 5.74) is 1.17. The van der Waals surface area contributed by atoms with Gasteiger partial charge in [0, 0.05) is 5.56 Å². The Morgan fingerprint density at radius 3 is 2.75 bits per heavy atom. The first kappa shape index (κ1) is 9.00. The summed E-state index contributed by atoms with van der Waals surface area (Å²) in [5, 5.41) is 11.3. The van der Waals surface area contributed by atoms with Crippen LogP contribution >= 0.6 is 11.6 Å². The molecule has 0 spiro atoms. The molecule has 0 radical (unpaired) electrons. The first-order valence-corrected chi connectivity index (χ1v) is 3.66. The standard InChI is InChI=1S/C8H7ClFNO/c1-5-2-6(10)3-8(9)7(5)4-11-12/h2-4,12H,1H3/b11-4+. The Hall–Kier alpha value is -1.09. The molecule has 0 aromatic heterocycles. The molecule has 1 rings (SSSR count). The summed E-state index contributed by atoms with van der Waals surface area (Å²) >= 11 is 5.67. The van der Waals surface area contributed by atoms with Crippen LogP contribution in [0.4, 0.5) is 4.39 Å². The zero-order valence-electron chi connectivity index (χ0n) is 6.38. The predicted molar refractivity (Wildman–Crippen MR) is 45.5 cm³/mol. The number of oxime groups is 1. The van der Waals surface area contributed by atoms with Gasteiger partial charge in [0.1, 0.15) is 5.82 Å². The number of hydrogen-bond donors (Lipinski definition) is 1. The quantitative estimate of drug-likeness (QED) is 0.409. The van der Waals surface area contributed by atoms with Crippen molar-refractivity contribution in [3.8, 4) is 0 Å². The lowest BCUT2D eigenvalue weighted by Crippen LogP contribution is -1.90. The Labute approximate surface area is 74.3 Å². The van der Waals surface area contributed by atoms with Crippen molar-refractivity contribution in [3.05, 3.63) is 34.1 Å². The second-order valence-electron chi connectivity index (χ2n) is 2.36. The van der Waals surface area contributed by atoms with Crippen molar-refractivity contribution in [2.24, 2.45) is 5.16 Å². The van der Waals surface area contributed by atoms with E-state index in [4.69, 9.17) is 16.8 Å². The summed E-state index contributed by atoms with van der Waals surface area (Å²) in [6.07, 6.45) is 1.18. The van der Waals surface area contributed by atoms with Gasteiger partial charge in [-0.1, -0.05) is 16.8 Å². The molecule has 0 bridgehead atoms. The second-order valence-corrected chi connectivity index (χ2v) is 2.77. The van der Waals surface area contributed by atoms with Crippen molar-refractivity contribution in [3.63, 3.8) is 0 Å². The lowest BCUT2D eigenvalue weighted by Gasteiger charge is -2.01. The minimum Gasteiger partial charge on any atom is -0.411 e. The molecule has 0 saturated carbocycles. The van der Waals surface area contributed by atoms with Gasteiger partial charge in [0.05, 0.1) is 11.2 Å². The fraction of sp³-hybridized carbons (Fsp3) is 0.125. The summed E-state index contributed by atoms with van der Waals surface area (Å²) in [7, 11) is 0. The van der Waals surface area contributed by atoms with E-state index in [1.807, 2.05) is 0 Å². The summed E-state index contributed by atoms with van der Waals surface area (Å²) in [4.78, 5) is 0. The highest BCUT2D eigenvalue weighted by atomic mass is 35.5. The van der Waals surface area contributed by atoms with E-state index in [1.54, 1.807) is 6.92 Å². The van der Waals surface area contributed by atoms with Crippen molar-refractivity contribution < 1.29 is 9.60 Å². The molecule has 1 aromatic carbocycles. The fourth-order valence-corrected chi connectivity index (χ4v) is 1.24. The zero-order valence-corrected chi connectivity index (χ0v) is 7.14. The van der Waals surface area contributed by atoms with Gasteiger partial charge in [-0.3, -0.25) is 0 Å². The highest BCUT2D eigenvalue weighted by Crippen LogP contribution is 2.19. The maximum absolute atomic E-state index is 12.7. The molecule has 0 fully saturated rings. The van der Waals surface area contributed by atoms with Crippen molar-refractivity contribution in [2.45, 2.75) is 6.92 Å². The Morgan fingerprint density at radius 1 is 1.58 bits per heavy atom. The van der Waals surface area contributed by atoms with E-state index in [9.17, 15) is 4.39 Å². The molecule has 0 aliphatic rings. The summed E-state index contributed by atoms with van der Waals surface area (Å²) < 4.78 is 12.7. The number of nitrogens with zero attached hydrogens (tertiary/aromatic N) is 1. The minimum atomic E-state index is -0.396. The van der Waals surface area contributed by atoms with Gasteiger partial charge >= 0.3 is 0 Å². The van der Waals surface area contributed by atoms with Crippen molar-refractivity contribution in [2.75, 3.05) is 0 Å². The molecule has 1 aromatic rings. The van der Waals surface area contributed by atoms with Crippen LogP contribution in [0.3, 0.4) is 0 Å². The third-order valence-electron chi connectivity index (χ3n) is 1.49. The Balaban J connectivity index is 3.28. The molecule has 0 atom stereocenters. The lowest BCUT2D eigenvalue weighted by molar-refractivity contribution is 0.322. The normalized spacial score (nSPS) is 10.9. The number of hydrogen-bond acceptors (Lipinski definition) is 2. The predicted octanol–water partition coefficient (Wildman–Crippen LogP) is 2.60.